The molecule has 0 unspecified atom stereocenters. The Morgan fingerprint density at radius 3 is 2.72 bits per heavy atom. The van der Waals surface area contributed by atoms with Gasteiger partial charge in [0.05, 0.1) is 0 Å². The Bertz CT molecular complexity index is 379. The highest BCUT2D eigenvalue weighted by Gasteiger charge is 2.20. The predicted molar refractivity (Wildman–Crippen MR) is 74.6 cm³/mol. The van der Waals surface area contributed by atoms with Crippen LogP contribution in [0.5, 0.6) is 0 Å². The summed E-state index contributed by atoms with van der Waals surface area (Å²) in [6.07, 6.45) is 2.60. The predicted octanol–water partition coefficient (Wildman–Crippen LogP) is 1.52. The van der Waals surface area contributed by atoms with Gasteiger partial charge in [-0.1, -0.05) is 24.3 Å². The molecule has 0 bridgehead atoms. The molecule has 2 fully saturated rings. The maximum atomic E-state index is 3.62. The highest BCUT2D eigenvalue weighted by Crippen LogP contribution is 2.26. The van der Waals surface area contributed by atoms with Gasteiger partial charge in [-0.25, -0.2) is 0 Å². The van der Waals surface area contributed by atoms with Crippen LogP contribution in [0.2, 0.25) is 0 Å². The molecule has 0 amide bonds. The Labute approximate surface area is 110 Å². The molecule has 2 aliphatic heterocycles. The molecule has 3 rings (SSSR count). The third kappa shape index (κ3) is 2.74. The molecule has 0 spiro atoms. The summed E-state index contributed by atoms with van der Waals surface area (Å²) in [5.74, 6) is 0. The van der Waals surface area contributed by atoms with Crippen molar-refractivity contribution in [1.29, 1.82) is 0 Å². The first-order chi connectivity index (χ1) is 8.93. The second-order valence-corrected chi connectivity index (χ2v) is 5.37. The average molecular weight is 245 g/mol. The third-order valence-corrected chi connectivity index (χ3v) is 4.09. The van der Waals surface area contributed by atoms with Crippen molar-refractivity contribution in [2.75, 3.05) is 32.7 Å². The summed E-state index contributed by atoms with van der Waals surface area (Å²) in [5.41, 5.74) is 3.03. The molecule has 0 aliphatic carbocycles. The maximum Gasteiger partial charge on any atom is 0.0323 e. The minimum Gasteiger partial charge on any atom is -0.314 e. The highest BCUT2D eigenvalue weighted by molar-refractivity contribution is 5.30. The van der Waals surface area contributed by atoms with Gasteiger partial charge in [-0.2, -0.15) is 0 Å². The number of nitrogens with one attached hydrogen (secondary N) is 2. The van der Waals surface area contributed by atoms with Crippen LogP contribution < -0.4 is 10.6 Å². The first kappa shape index (κ1) is 12.2. The van der Waals surface area contributed by atoms with Crippen LogP contribution in [-0.2, 0) is 6.54 Å². The Morgan fingerprint density at radius 2 is 1.94 bits per heavy atom. The molecule has 1 aromatic rings. The van der Waals surface area contributed by atoms with E-state index in [1.807, 2.05) is 0 Å². The fraction of sp³-hybridized carbons (Fsp3) is 0.600. The van der Waals surface area contributed by atoms with Crippen LogP contribution in [0.3, 0.4) is 0 Å². The van der Waals surface area contributed by atoms with Crippen molar-refractivity contribution in [2.24, 2.45) is 0 Å². The molecular formula is C15H23N3. The summed E-state index contributed by atoms with van der Waals surface area (Å²) >= 11 is 0. The minimum atomic E-state index is 0.587. The second kappa shape index (κ2) is 5.83. The van der Waals surface area contributed by atoms with Crippen LogP contribution >= 0.6 is 0 Å². The lowest BCUT2D eigenvalue weighted by atomic mass is 9.98. The van der Waals surface area contributed by atoms with Crippen molar-refractivity contribution in [3.63, 3.8) is 0 Å². The zero-order valence-electron chi connectivity index (χ0n) is 11.0. The van der Waals surface area contributed by atoms with Crippen molar-refractivity contribution >= 4 is 0 Å². The number of rotatable bonds is 3. The van der Waals surface area contributed by atoms with Crippen LogP contribution in [0.25, 0.3) is 0 Å². The van der Waals surface area contributed by atoms with Gasteiger partial charge in [0, 0.05) is 38.8 Å². The average Bonchev–Trinajstić information content (AvgIpc) is 2.94. The maximum absolute atomic E-state index is 3.62. The van der Waals surface area contributed by atoms with E-state index in [0.29, 0.717) is 6.04 Å². The lowest BCUT2D eigenvalue weighted by molar-refractivity contribution is 0.232. The number of hydrogen-bond acceptors (Lipinski definition) is 3. The van der Waals surface area contributed by atoms with Crippen molar-refractivity contribution in [3.05, 3.63) is 35.4 Å². The van der Waals surface area contributed by atoms with E-state index in [4.69, 9.17) is 0 Å². The SMILES string of the molecule is c1ccc([C@@H]2CCCN2)c(CN2CCNCC2)c1. The van der Waals surface area contributed by atoms with Gasteiger partial charge in [0.2, 0.25) is 0 Å². The number of benzene rings is 1. The smallest absolute Gasteiger partial charge is 0.0323 e. The van der Waals surface area contributed by atoms with E-state index < -0.39 is 0 Å². The summed E-state index contributed by atoms with van der Waals surface area (Å²) < 4.78 is 0. The molecule has 3 nitrogen and oxygen atoms in total. The fourth-order valence-corrected chi connectivity index (χ4v) is 3.08. The number of piperazine rings is 1. The molecule has 0 radical (unpaired) electrons. The van der Waals surface area contributed by atoms with Crippen LogP contribution in [0.15, 0.2) is 24.3 Å². The molecule has 2 saturated heterocycles. The topological polar surface area (TPSA) is 27.3 Å². The van der Waals surface area contributed by atoms with Gasteiger partial charge in [0.1, 0.15) is 0 Å². The van der Waals surface area contributed by atoms with Gasteiger partial charge in [-0.3, -0.25) is 4.90 Å². The molecule has 1 atom stereocenters. The molecule has 1 aromatic carbocycles. The molecule has 2 heterocycles. The molecule has 98 valence electrons. The van der Waals surface area contributed by atoms with Crippen molar-refractivity contribution in [3.8, 4) is 0 Å². The first-order valence-corrected chi connectivity index (χ1v) is 7.18. The summed E-state index contributed by atoms with van der Waals surface area (Å²) in [4.78, 5) is 2.56. The van der Waals surface area contributed by atoms with E-state index >= 15 is 0 Å². The quantitative estimate of drug-likeness (QED) is 0.845. The van der Waals surface area contributed by atoms with Crippen LogP contribution in [0, 0.1) is 0 Å². The van der Waals surface area contributed by atoms with E-state index in [-0.39, 0.29) is 0 Å². The zero-order valence-corrected chi connectivity index (χ0v) is 11.0. The van der Waals surface area contributed by atoms with Gasteiger partial charge < -0.3 is 10.6 Å². The normalized spacial score (nSPS) is 25.4. The molecule has 2 N–H and O–H groups in total. The van der Waals surface area contributed by atoms with Crippen LogP contribution in [0.4, 0.5) is 0 Å². The number of hydrogen-bond donors (Lipinski definition) is 2. The van der Waals surface area contributed by atoms with Gasteiger partial charge in [-0.05, 0) is 30.5 Å². The van der Waals surface area contributed by atoms with Gasteiger partial charge in [0.15, 0.2) is 0 Å². The molecule has 0 aromatic heterocycles. The molecular weight excluding hydrogens is 222 g/mol. The first-order valence-electron chi connectivity index (χ1n) is 7.18. The Hall–Kier alpha value is -0.900. The lowest BCUT2D eigenvalue weighted by Crippen LogP contribution is -2.43. The van der Waals surface area contributed by atoms with E-state index in [1.165, 1.54) is 43.6 Å². The zero-order chi connectivity index (χ0) is 12.2. The van der Waals surface area contributed by atoms with Gasteiger partial charge >= 0.3 is 0 Å². The highest BCUT2D eigenvalue weighted by atomic mass is 15.2. The third-order valence-electron chi connectivity index (χ3n) is 4.09. The summed E-state index contributed by atoms with van der Waals surface area (Å²) in [7, 11) is 0. The summed E-state index contributed by atoms with van der Waals surface area (Å²) in [6, 6.07) is 9.55. The van der Waals surface area contributed by atoms with Gasteiger partial charge in [-0.15, -0.1) is 0 Å². The Morgan fingerprint density at radius 1 is 1.11 bits per heavy atom. The lowest BCUT2D eigenvalue weighted by Gasteiger charge is -2.28. The molecule has 3 heteroatoms. The standard InChI is InChI=1S/C15H23N3/c1-2-5-14(15-6-3-7-17-15)13(4-1)12-18-10-8-16-9-11-18/h1-2,4-5,15-17H,3,6-12H2/t15-/m0/s1. The second-order valence-electron chi connectivity index (χ2n) is 5.37. The molecule has 18 heavy (non-hydrogen) atoms. The van der Waals surface area contributed by atoms with Gasteiger partial charge in [0.25, 0.3) is 0 Å². The Kier molecular flexibility index (Phi) is 3.93. The summed E-state index contributed by atoms with van der Waals surface area (Å²) in [6.45, 7) is 6.88. The number of nitrogens with zero attached hydrogens (tertiary/aromatic N) is 1. The van der Waals surface area contributed by atoms with E-state index in [0.717, 1.165) is 19.6 Å². The van der Waals surface area contributed by atoms with E-state index in [1.54, 1.807) is 0 Å². The van der Waals surface area contributed by atoms with Crippen LogP contribution in [-0.4, -0.2) is 37.6 Å². The Balaban J connectivity index is 1.73. The molecule has 0 saturated carbocycles. The monoisotopic (exact) mass is 245 g/mol. The minimum absolute atomic E-state index is 0.587. The fourth-order valence-electron chi connectivity index (χ4n) is 3.08. The van der Waals surface area contributed by atoms with Crippen molar-refractivity contribution < 1.29 is 0 Å². The van der Waals surface area contributed by atoms with E-state index in [9.17, 15) is 0 Å². The molecule has 2 aliphatic rings. The van der Waals surface area contributed by atoms with Crippen molar-refractivity contribution in [2.45, 2.75) is 25.4 Å². The summed E-state index contributed by atoms with van der Waals surface area (Å²) in [5, 5.41) is 7.04. The van der Waals surface area contributed by atoms with Crippen LogP contribution in [0.1, 0.15) is 30.0 Å². The van der Waals surface area contributed by atoms with Crippen molar-refractivity contribution in [1.82, 2.24) is 15.5 Å². The van der Waals surface area contributed by atoms with E-state index in [2.05, 4.69) is 39.8 Å². The largest absolute Gasteiger partial charge is 0.314 e.